The minimum Gasteiger partial charge on any atom is -0.497 e. The largest absolute Gasteiger partial charge is 0.497 e. The fourth-order valence-electron chi connectivity index (χ4n) is 3.28. The van der Waals surface area contributed by atoms with E-state index in [1.165, 1.54) is 28.6 Å². The molecule has 0 radical (unpaired) electrons. The molecule has 0 amide bonds. The van der Waals surface area contributed by atoms with Gasteiger partial charge in [-0.1, -0.05) is 0 Å². The van der Waals surface area contributed by atoms with Crippen LogP contribution >= 0.6 is 0 Å². The van der Waals surface area contributed by atoms with Gasteiger partial charge in [-0.3, -0.25) is 0 Å². The molecule has 0 aliphatic carbocycles. The van der Waals surface area contributed by atoms with Crippen molar-refractivity contribution in [1.82, 2.24) is 4.31 Å². The number of rotatable bonds is 5. The average Bonchev–Trinajstić information content (AvgIpc) is 3.18. The van der Waals surface area contributed by atoms with Crippen molar-refractivity contribution in [3.05, 3.63) is 53.6 Å². The number of benzene rings is 2. The third kappa shape index (κ3) is 3.26. The standard InChI is InChI=1S/C19H20N2O4S/c1-24-15-7-10-19(25-2)17(12-15)18-4-3-11-21(18)26(22,23)16-8-5-14(13-20)6-9-16/h5-10,12,18H,3-4,11H2,1-2H3/t18-/m0/s1. The predicted octanol–water partition coefficient (Wildman–Crippen LogP) is 3.10. The van der Waals surface area contributed by atoms with Gasteiger partial charge in [-0.05, 0) is 55.3 Å². The van der Waals surface area contributed by atoms with Gasteiger partial charge in [0, 0.05) is 12.1 Å². The van der Waals surface area contributed by atoms with Crippen molar-refractivity contribution < 1.29 is 17.9 Å². The van der Waals surface area contributed by atoms with Gasteiger partial charge < -0.3 is 9.47 Å². The molecule has 6 nitrogen and oxygen atoms in total. The summed E-state index contributed by atoms with van der Waals surface area (Å²) in [4.78, 5) is 0.185. The van der Waals surface area contributed by atoms with Gasteiger partial charge in [-0.2, -0.15) is 9.57 Å². The molecule has 1 aliphatic rings. The molecular formula is C19H20N2O4S. The van der Waals surface area contributed by atoms with Gasteiger partial charge in [0.2, 0.25) is 10.0 Å². The smallest absolute Gasteiger partial charge is 0.243 e. The average molecular weight is 372 g/mol. The lowest BCUT2D eigenvalue weighted by atomic mass is 10.0. The first-order valence-electron chi connectivity index (χ1n) is 8.25. The summed E-state index contributed by atoms with van der Waals surface area (Å²) in [5.41, 5.74) is 1.22. The Balaban J connectivity index is 2.01. The van der Waals surface area contributed by atoms with Crippen LogP contribution in [0.1, 0.15) is 30.0 Å². The third-order valence-corrected chi connectivity index (χ3v) is 6.51. The van der Waals surface area contributed by atoms with Crippen molar-refractivity contribution in [1.29, 1.82) is 5.26 Å². The maximum Gasteiger partial charge on any atom is 0.243 e. The van der Waals surface area contributed by atoms with Crippen molar-refractivity contribution in [2.24, 2.45) is 0 Å². The van der Waals surface area contributed by atoms with E-state index in [2.05, 4.69) is 0 Å². The van der Waals surface area contributed by atoms with Crippen LogP contribution in [0, 0.1) is 11.3 Å². The second-order valence-corrected chi connectivity index (χ2v) is 7.91. The monoisotopic (exact) mass is 372 g/mol. The summed E-state index contributed by atoms with van der Waals surface area (Å²) in [7, 11) is -0.534. The fraction of sp³-hybridized carbons (Fsp3) is 0.316. The Morgan fingerprint density at radius 3 is 2.46 bits per heavy atom. The van der Waals surface area contributed by atoms with E-state index in [0.29, 0.717) is 30.0 Å². The van der Waals surface area contributed by atoms with Gasteiger partial charge in [0.25, 0.3) is 0 Å². The van der Waals surface area contributed by atoms with Gasteiger partial charge in [0.15, 0.2) is 0 Å². The molecule has 26 heavy (non-hydrogen) atoms. The van der Waals surface area contributed by atoms with Crippen molar-refractivity contribution in [3.8, 4) is 17.6 Å². The lowest BCUT2D eigenvalue weighted by molar-refractivity contribution is 0.361. The number of sulfonamides is 1. The van der Waals surface area contributed by atoms with Crippen LogP contribution in [-0.4, -0.2) is 33.5 Å². The summed E-state index contributed by atoms with van der Waals surface area (Å²) < 4.78 is 38.5. The summed E-state index contributed by atoms with van der Waals surface area (Å²) in [5, 5.41) is 8.90. The second-order valence-electron chi connectivity index (χ2n) is 6.02. The highest BCUT2D eigenvalue weighted by molar-refractivity contribution is 7.89. The van der Waals surface area contributed by atoms with Crippen LogP contribution in [0.3, 0.4) is 0 Å². The van der Waals surface area contributed by atoms with Crippen LogP contribution in [-0.2, 0) is 10.0 Å². The molecular weight excluding hydrogens is 352 g/mol. The molecule has 0 unspecified atom stereocenters. The molecule has 0 N–H and O–H groups in total. The van der Waals surface area contributed by atoms with E-state index in [-0.39, 0.29) is 10.9 Å². The molecule has 0 bridgehead atoms. The van der Waals surface area contributed by atoms with E-state index in [0.717, 1.165) is 12.0 Å². The van der Waals surface area contributed by atoms with Crippen LogP contribution in [0.4, 0.5) is 0 Å². The number of hydrogen-bond acceptors (Lipinski definition) is 5. The molecule has 7 heteroatoms. The normalized spacial score (nSPS) is 17.7. The van der Waals surface area contributed by atoms with Crippen molar-refractivity contribution in [2.75, 3.05) is 20.8 Å². The van der Waals surface area contributed by atoms with Gasteiger partial charge in [-0.15, -0.1) is 0 Å². The summed E-state index contributed by atoms with van der Waals surface area (Å²) in [6.07, 6.45) is 1.47. The van der Waals surface area contributed by atoms with Gasteiger partial charge >= 0.3 is 0 Å². The highest BCUT2D eigenvalue weighted by Crippen LogP contribution is 2.41. The first kappa shape index (κ1) is 18.2. The summed E-state index contributed by atoms with van der Waals surface area (Å²) in [6, 6.07) is 13.1. The van der Waals surface area contributed by atoms with Crippen LogP contribution < -0.4 is 9.47 Å². The Kier molecular flexibility index (Phi) is 5.16. The number of methoxy groups -OCH3 is 2. The van der Waals surface area contributed by atoms with Crippen LogP contribution in [0.15, 0.2) is 47.4 Å². The Labute approximate surface area is 153 Å². The van der Waals surface area contributed by atoms with Gasteiger partial charge in [-0.25, -0.2) is 8.42 Å². The first-order valence-corrected chi connectivity index (χ1v) is 9.69. The Hall–Kier alpha value is -2.56. The SMILES string of the molecule is COc1ccc(OC)c([C@@H]2CCCN2S(=O)(=O)c2ccc(C#N)cc2)c1. The first-order chi connectivity index (χ1) is 12.5. The fourth-order valence-corrected chi connectivity index (χ4v) is 4.95. The predicted molar refractivity (Wildman–Crippen MR) is 96.6 cm³/mol. The third-order valence-electron chi connectivity index (χ3n) is 4.59. The lowest BCUT2D eigenvalue weighted by Gasteiger charge is -2.26. The number of ether oxygens (including phenoxy) is 2. The molecule has 1 heterocycles. The molecule has 1 aliphatic heterocycles. The lowest BCUT2D eigenvalue weighted by Crippen LogP contribution is -2.31. The minimum atomic E-state index is -3.68. The zero-order valence-corrected chi connectivity index (χ0v) is 15.5. The molecule has 2 aromatic rings. The molecule has 1 fully saturated rings. The van der Waals surface area contributed by atoms with Crippen molar-refractivity contribution in [3.63, 3.8) is 0 Å². The van der Waals surface area contributed by atoms with E-state index >= 15 is 0 Å². The highest BCUT2D eigenvalue weighted by atomic mass is 32.2. The van der Waals surface area contributed by atoms with E-state index in [9.17, 15) is 8.42 Å². The van der Waals surface area contributed by atoms with Crippen LogP contribution in [0.25, 0.3) is 0 Å². The highest BCUT2D eigenvalue weighted by Gasteiger charge is 2.37. The molecule has 136 valence electrons. The van der Waals surface area contributed by atoms with E-state index in [1.54, 1.807) is 26.4 Å². The number of hydrogen-bond donors (Lipinski definition) is 0. The Morgan fingerprint density at radius 1 is 1.12 bits per heavy atom. The molecule has 0 saturated carbocycles. The molecule has 1 saturated heterocycles. The topological polar surface area (TPSA) is 79.6 Å². The number of nitriles is 1. The zero-order chi connectivity index (χ0) is 18.7. The maximum atomic E-state index is 13.1. The molecule has 0 aromatic heterocycles. The molecule has 1 atom stereocenters. The van der Waals surface area contributed by atoms with Gasteiger partial charge in [0.05, 0.1) is 36.8 Å². The van der Waals surface area contributed by atoms with Gasteiger partial charge in [0.1, 0.15) is 11.5 Å². The van der Waals surface area contributed by atoms with E-state index in [1.807, 2.05) is 12.1 Å². The number of nitrogens with zero attached hydrogens (tertiary/aromatic N) is 2. The summed E-state index contributed by atoms with van der Waals surface area (Å²) >= 11 is 0. The Morgan fingerprint density at radius 2 is 1.85 bits per heavy atom. The summed E-state index contributed by atoms with van der Waals surface area (Å²) in [6.45, 7) is 0.438. The minimum absolute atomic E-state index is 0.185. The second kappa shape index (κ2) is 7.36. The Bertz CT molecular complexity index is 933. The van der Waals surface area contributed by atoms with Crippen molar-refractivity contribution >= 4 is 10.0 Å². The summed E-state index contributed by atoms with van der Waals surface area (Å²) in [5.74, 6) is 1.29. The van der Waals surface area contributed by atoms with E-state index < -0.39 is 10.0 Å². The van der Waals surface area contributed by atoms with Crippen LogP contribution in [0.5, 0.6) is 11.5 Å². The molecule has 2 aromatic carbocycles. The maximum absolute atomic E-state index is 13.1. The van der Waals surface area contributed by atoms with E-state index in [4.69, 9.17) is 14.7 Å². The molecule has 3 rings (SSSR count). The quantitative estimate of drug-likeness (QED) is 0.806. The molecule has 0 spiro atoms. The van der Waals surface area contributed by atoms with Crippen molar-refractivity contribution in [2.45, 2.75) is 23.8 Å². The van der Waals surface area contributed by atoms with Crippen LogP contribution in [0.2, 0.25) is 0 Å². The zero-order valence-electron chi connectivity index (χ0n) is 14.7.